The molecule has 0 aromatic heterocycles. The number of hydrogen-bond acceptors (Lipinski definition) is 1. The fourth-order valence-corrected chi connectivity index (χ4v) is 4.91. The zero-order chi connectivity index (χ0) is 14.5. The highest BCUT2D eigenvalue weighted by Crippen LogP contribution is 2.57. The van der Waals surface area contributed by atoms with E-state index in [1.807, 2.05) is 13.0 Å². The van der Waals surface area contributed by atoms with Gasteiger partial charge >= 0.3 is 5.97 Å². The average Bonchev–Trinajstić information content (AvgIpc) is 2.37. The molecule has 1 saturated carbocycles. The van der Waals surface area contributed by atoms with Gasteiger partial charge in [-0.25, -0.2) is 0 Å². The number of aryl methyl sites for hydroxylation is 1. The Hall–Kier alpha value is -1.02. The molecule has 1 aromatic carbocycles. The Kier molecular flexibility index (Phi) is 3.13. The number of fused-ring (bicyclic) bond motifs is 3. The molecular formula is C17H21ClO2. The Morgan fingerprint density at radius 3 is 2.80 bits per heavy atom. The number of benzene rings is 1. The SMILES string of the molecule is C[C@]1(C(=O)O)CCC[C@]2(C)c3ccc(Cl)cc3CCC12. The Bertz CT molecular complexity index is 568. The van der Waals surface area contributed by atoms with E-state index in [1.54, 1.807) is 0 Å². The quantitative estimate of drug-likeness (QED) is 0.831. The molecule has 20 heavy (non-hydrogen) atoms. The van der Waals surface area contributed by atoms with Gasteiger partial charge in [0.2, 0.25) is 0 Å². The maximum atomic E-state index is 11.8. The van der Waals surface area contributed by atoms with Crippen molar-refractivity contribution in [2.75, 3.05) is 0 Å². The van der Waals surface area contributed by atoms with Crippen molar-refractivity contribution >= 4 is 17.6 Å². The van der Waals surface area contributed by atoms with Gasteiger partial charge in [-0.3, -0.25) is 4.79 Å². The summed E-state index contributed by atoms with van der Waals surface area (Å²) >= 11 is 6.11. The predicted molar refractivity (Wildman–Crippen MR) is 80.2 cm³/mol. The van der Waals surface area contributed by atoms with Gasteiger partial charge in [0.15, 0.2) is 0 Å². The van der Waals surface area contributed by atoms with Crippen LogP contribution in [0, 0.1) is 11.3 Å². The molecule has 2 aliphatic rings. The lowest BCUT2D eigenvalue weighted by atomic mass is 9.50. The van der Waals surface area contributed by atoms with Crippen molar-refractivity contribution in [1.82, 2.24) is 0 Å². The van der Waals surface area contributed by atoms with E-state index in [4.69, 9.17) is 11.6 Å². The highest BCUT2D eigenvalue weighted by molar-refractivity contribution is 6.30. The summed E-state index contributed by atoms with van der Waals surface area (Å²) in [4.78, 5) is 11.8. The normalized spacial score (nSPS) is 36.0. The second-order valence-electron chi connectivity index (χ2n) is 6.89. The van der Waals surface area contributed by atoms with Crippen LogP contribution in [0.3, 0.4) is 0 Å². The third-order valence-corrected chi connectivity index (χ3v) is 6.04. The molecule has 0 heterocycles. The van der Waals surface area contributed by atoms with Crippen LogP contribution in [-0.2, 0) is 16.6 Å². The first-order valence-electron chi connectivity index (χ1n) is 7.40. The van der Waals surface area contributed by atoms with Crippen LogP contribution in [0.15, 0.2) is 18.2 Å². The molecule has 0 aliphatic heterocycles. The topological polar surface area (TPSA) is 37.3 Å². The molecule has 0 bridgehead atoms. The second kappa shape index (κ2) is 4.49. The summed E-state index contributed by atoms with van der Waals surface area (Å²) < 4.78 is 0. The van der Waals surface area contributed by atoms with Crippen molar-refractivity contribution in [1.29, 1.82) is 0 Å². The van der Waals surface area contributed by atoms with E-state index in [1.165, 1.54) is 11.1 Å². The van der Waals surface area contributed by atoms with Crippen LogP contribution in [-0.4, -0.2) is 11.1 Å². The fraction of sp³-hybridized carbons (Fsp3) is 0.588. The van der Waals surface area contributed by atoms with Crippen LogP contribution in [0.5, 0.6) is 0 Å². The zero-order valence-corrected chi connectivity index (χ0v) is 12.8. The van der Waals surface area contributed by atoms with E-state index in [0.29, 0.717) is 0 Å². The lowest BCUT2D eigenvalue weighted by Crippen LogP contribution is -2.52. The largest absolute Gasteiger partial charge is 0.481 e. The molecule has 3 heteroatoms. The third-order valence-electron chi connectivity index (χ3n) is 5.80. The standard InChI is InChI=1S/C17H21ClO2/c1-16-8-3-9-17(2,15(19)20)14(16)7-4-11-10-12(18)5-6-13(11)16/h5-6,10,14H,3-4,7-9H2,1-2H3,(H,19,20)/t14?,16-,17+/m1/s1. The number of carbonyl (C=O) groups is 1. The van der Waals surface area contributed by atoms with Crippen molar-refractivity contribution < 1.29 is 9.90 Å². The van der Waals surface area contributed by atoms with Crippen LogP contribution in [0.1, 0.15) is 50.7 Å². The maximum Gasteiger partial charge on any atom is 0.309 e. The van der Waals surface area contributed by atoms with Crippen LogP contribution < -0.4 is 0 Å². The Morgan fingerprint density at radius 1 is 1.35 bits per heavy atom. The predicted octanol–water partition coefficient (Wildman–Crippen LogP) is 4.43. The van der Waals surface area contributed by atoms with Gasteiger partial charge < -0.3 is 5.11 Å². The smallest absolute Gasteiger partial charge is 0.309 e. The molecule has 0 saturated heterocycles. The van der Waals surface area contributed by atoms with Crippen molar-refractivity contribution in [3.8, 4) is 0 Å². The van der Waals surface area contributed by atoms with E-state index >= 15 is 0 Å². The van der Waals surface area contributed by atoms with Gasteiger partial charge in [0, 0.05) is 5.02 Å². The zero-order valence-electron chi connectivity index (χ0n) is 12.1. The molecular weight excluding hydrogens is 272 g/mol. The van der Waals surface area contributed by atoms with Gasteiger partial charge in [-0.1, -0.05) is 31.0 Å². The number of carboxylic acids is 1. The number of halogens is 1. The Balaban J connectivity index is 2.12. The molecule has 1 aromatic rings. The minimum absolute atomic E-state index is 0.0242. The summed E-state index contributed by atoms with van der Waals surface area (Å²) in [7, 11) is 0. The highest BCUT2D eigenvalue weighted by Gasteiger charge is 2.55. The lowest BCUT2D eigenvalue weighted by molar-refractivity contribution is -0.157. The first-order valence-corrected chi connectivity index (χ1v) is 7.78. The molecule has 3 atom stereocenters. The van der Waals surface area contributed by atoms with Crippen LogP contribution in [0.2, 0.25) is 5.02 Å². The minimum atomic E-state index is -0.633. The van der Waals surface area contributed by atoms with Crippen molar-refractivity contribution in [3.63, 3.8) is 0 Å². The van der Waals surface area contributed by atoms with Gasteiger partial charge in [0.05, 0.1) is 5.41 Å². The third kappa shape index (κ3) is 1.81. The van der Waals surface area contributed by atoms with Crippen LogP contribution in [0.25, 0.3) is 0 Å². The maximum absolute atomic E-state index is 11.8. The summed E-state index contributed by atoms with van der Waals surface area (Å²) in [6, 6.07) is 6.13. The molecule has 2 aliphatic carbocycles. The highest BCUT2D eigenvalue weighted by atomic mass is 35.5. The van der Waals surface area contributed by atoms with E-state index in [0.717, 1.165) is 37.1 Å². The van der Waals surface area contributed by atoms with E-state index < -0.39 is 11.4 Å². The summed E-state index contributed by atoms with van der Waals surface area (Å²) in [6.45, 7) is 4.20. The minimum Gasteiger partial charge on any atom is -0.481 e. The van der Waals surface area contributed by atoms with Crippen LogP contribution in [0.4, 0.5) is 0 Å². The van der Waals surface area contributed by atoms with Crippen molar-refractivity contribution in [3.05, 3.63) is 34.3 Å². The molecule has 0 radical (unpaired) electrons. The summed E-state index contributed by atoms with van der Waals surface area (Å²) in [6.07, 6.45) is 4.75. The number of rotatable bonds is 1. The molecule has 1 unspecified atom stereocenters. The molecule has 0 amide bonds. The van der Waals surface area contributed by atoms with Gasteiger partial charge in [-0.15, -0.1) is 0 Å². The van der Waals surface area contributed by atoms with Gasteiger partial charge in [-0.2, -0.15) is 0 Å². The lowest BCUT2D eigenvalue weighted by Gasteiger charge is -2.53. The molecule has 1 fully saturated rings. The summed E-state index contributed by atoms with van der Waals surface area (Å²) in [5.74, 6) is -0.416. The molecule has 3 rings (SSSR count). The number of carboxylic acid groups (broad SMARTS) is 1. The van der Waals surface area contributed by atoms with Crippen LogP contribution >= 0.6 is 11.6 Å². The van der Waals surface area contributed by atoms with Crippen molar-refractivity contribution in [2.24, 2.45) is 11.3 Å². The molecule has 108 valence electrons. The van der Waals surface area contributed by atoms with Gasteiger partial charge in [0.1, 0.15) is 0 Å². The van der Waals surface area contributed by atoms with E-state index in [2.05, 4.69) is 19.1 Å². The first kappa shape index (κ1) is 13.9. The van der Waals surface area contributed by atoms with Gasteiger partial charge in [0.25, 0.3) is 0 Å². The molecule has 2 nitrogen and oxygen atoms in total. The first-order chi connectivity index (χ1) is 9.38. The number of hydrogen-bond donors (Lipinski definition) is 1. The molecule has 1 N–H and O–H groups in total. The number of aliphatic carboxylic acids is 1. The van der Waals surface area contributed by atoms with Crippen molar-refractivity contribution in [2.45, 2.75) is 51.4 Å². The molecule has 0 spiro atoms. The average molecular weight is 293 g/mol. The van der Waals surface area contributed by atoms with Gasteiger partial charge in [-0.05, 0) is 67.2 Å². The fourth-order valence-electron chi connectivity index (χ4n) is 4.72. The monoisotopic (exact) mass is 292 g/mol. The second-order valence-corrected chi connectivity index (χ2v) is 7.32. The summed E-state index contributed by atoms with van der Waals surface area (Å²) in [5, 5.41) is 10.5. The summed E-state index contributed by atoms with van der Waals surface area (Å²) in [5.41, 5.74) is 2.02. The Morgan fingerprint density at radius 2 is 2.10 bits per heavy atom. The Labute approximate surface area is 125 Å². The van der Waals surface area contributed by atoms with E-state index in [9.17, 15) is 9.90 Å². The van der Waals surface area contributed by atoms with E-state index in [-0.39, 0.29) is 11.3 Å².